The zero-order valence-corrected chi connectivity index (χ0v) is 9.18. The van der Waals surface area contributed by atoms with Gasteiger partial charge in [0.25, 0.3) is 0 Å². The van der Waals surface area contributed by atoms with Crippen molar-refractivity contribution in [2.75, 3.05) is 31.2 Å². The fourth-order valence-corrected chi connectivity index (χ4v) is 1.74. The second-order valence-electron chi connectivity index (χ2n) is 3.34. The molecule has 0 atom stereocenters. The second kappa shape index (κ2) is 4.63. The summed E-state index contributed by atoms with van der Waals surface area (Å²) >= 11 is 5.73. The lowest BCUT2D eigenvalue weighted by molar-refractivity contribution is -0.385. The molecule has 0 saturated carbocycles. The summed E-state index contributed by atoms with van der Waals surface area (Å²) in [5, 5.41) is 10.5. The van der Waals surface area contributed by atoms with Crippen molar-refractivity contribution in [1.82, 2.24) is 4.98 Å². The standard InChI is InChI=1S/C9H10ClN3O3/c10-9-7(13(14)15)1-2-8(11-9)12-3-5-16-6-4-12/h1-2H,3-6H2. The number of anilines is 1. The van der Waals surface area contributed by atoms with Crippen LogP contribution in [0.3, 0.4) is 0 Å². The third-order valence-electron chi connectivity index (χ3n) is 2.35. The van der Waals surface area contributed by atoms with Gasteiger partial charge in [-0.3, -0.25) is 10.1 Å². The highest BCUT2D eigenvalue weighted by atomic mass is 35.5. The van der Waals surface area contributed by atoms with E-state index in [1.54, 1.807) is 6.07 Å². The van der Waals surface area contributed by atoms with Crippen molar-refractivity contribution in [2.45, 2.75) is 0 Å². The summed E-state index contributed by atoms with van der Waals surface area (Å²) in [4.78, 5) is 16.0. The quantitative estimate of drug-likeness (QED) is 0.447. The highest BCUT2D eigenvalue weighted by molar-refractivity contribution is 6.31. The van der Waals surface area contributed by atoms with Gasteiger partial charge in [0.1, 0.15) is 5.82 Å². The molecule has 1 saturated heterocycles. The van der Waals surface area contributed by atoms with Gasteiger partial charge in [-0.15, -0.1) is 0 Å². The third-order valence-corrected chi connectivity index (χ3v) is 2.62. The molecule has 1 aromatic rings. The number of ether oxygens (including phenoxy) is 1. The van der Waals surface area contributed by atoms with Gasteiger partial charge in [0, 0.05) is 19.2 Å². The molecule has 0 aromatic carbocycles. The summed E-state index contributed by atoms with van der Waals surface area (Å²) in [6.45, 7) is 2.72. The van der Waals surface area contributed by atoms with E-state index in [1.807, 2.05) is 4.90 Å². The molecule has 6 nitrogen and oxygen atoms in total. The topological polar surface area (TPSA) is 68.5 Å². The third kappa shape index (κ3) is 2.23. The first-order valence-electron chi connectivity index (χ1n) is 4.82. The molecule has 1 aliphatic heterocycles. The molecule has 1 fully saturated rings. The van der Waals surface area contributed by atoms with E-state index >= 15 is 0 Å². The maximum absolute atomic E-state index is 10.6. The van der Waals surface area contributed by atoms with Crippen LogP contribution in [-0.4, -0.2) is 36.2 Å². The summed E-state index contributed by atoms with van der Waals surface area (Å²) < 4.78 is 5.20. The van der Waals surface area contributed by atoms with Gasteiger partial charge in [0.15, 0.2) is 0 Å². The van der Waals surface area contributed by atoms with E-state index in [0.717, 1.165) is 13.1 Å². The first-order valence-corrected chi connectivity index (χ1v) is 5.20. The molecule has 16 heavy (non-hydrogen) atoms. The van der Waals surface area contributed by atoms with Crippen LogP contribution in [0.15, 0.2) is 12.1 Å². The van der Waals surface area contributed by atoms with Crippen molar-refractivity contribution >= 4 is 23.1 Å². The van der Waals surface area contributed by atoms with E-state index < -0.39 is 4.92 Å². The number of morpholine rings is 1. The molecular formula is C9H10ClN3O3. The summed E-state index contributed by atoms with van der Waals surface area (Å²) in [7, 11) is 0. The average Bonchev–Trinajstić information content (AvgIpc) is 2.29. The lowest BCUT2D eigenvalue weighted by Gasteiger charge is -2.27. The van der Waals surface area contributed by atoms with Gasteiger partial charge in [-0.2, -0.15) is 0 Å². The summed E-state index contributed by atoms with van der Waals surface area (Å²) in [5.41, 5.74) is -0.168. The number of aromatic nitrogens is 1. The molecule has 7 heteroatoms. The van der Waals surface area contributed by atoms with Crippen molar-refractivity contribution in [2.24, 2.45) is 0 Å². The van der Waals surface area contributed by atoms with E-state index in [-0.39, 0.29) is 10.8 Å². The number of nitrogens with zero attached hydrogens (tertiary/aromatic N) is 3. The Bertz CT molecular complexity index is 407. The maximum Gasteiger partial charge on any atom is 0.306 e. The summed E-state index contributed by atoms with van der Waals surface area (Å²) in [6, 6.07) is 2.98. The van der Waals surface area contributed by atoms with E-state index in [0.29, 0.717) is 19.0 Å². The predicted molar refractivity (Wildman–Crippen MR) is 58.9 cm³/mol. The minimum Gasteiger partial charge on any atom is -0.378 e. The van der Waals surface area contributed by atoms with Crippen molar-refractivity contribution in [3.63, 3.8) is 0 Å². The Labute approximate surface area is 96.9 Å². The van der Waals surface area contributed by atoms with Crippen LogP contribution in [0, 0.1) is 10.1 Å². The van der Waals surface area contributed by atoms with Crippen molar-refractivity contribution in [3.8, 4) is 0 Å². The van der Waals surface area contributed by atoms with Gasteiger partial charge in [0.2, 0.25) is 5.15 Å². The highest BCUT2D eigenvalue weighted by Crippen LogP contribution is 2.25. The van der Waals surface area contributed by atoms with Gasteiger partial charge in [-0.1, -0.05) is 11.6 Å². The molecule has 0 spiro atoms. The van der Waals surface area contributed by atoms with Gasteiger partial charge < -0.3 is 9.64 Å². The first-order chi connectivity index (χ1) is 7.68. The van der Waals surface area contributed by atoms with Gasteiger partial charge in [-0.05, 0) is 6.07 Å². The number of hydrogen-bond acceptors (Lipinski definition) is 5. The molecular weight excluding hydrogens is 234 g/mol. The van der Waals surface area contributed by atoms with E-state index in [9.17, 15) is 10.1 Å². The Morgan fingerprint density at radius 1 is 1.44 bits per heavy atom. The minimum atomic E-state index is -0.543. The number of pyridine rings is 1. The van der Waals surface area contributed by atoms with Crippen molar-refractivity contribution < 1.29 is 9.66 Å². The zero-order chi connectivity index (χ0) is 11.5. The molecule has 2 heterocycles. The molecule has 0 radical (unpaired) electrons. The Balaban J connectivity index is 2.23. The lowest BCUT2D eigenvalue weighted by Crippen LogP contribution is -2.36. The Hall–Kier alpha value is -1.40. The molecule has 86 valence electrons. The molecule has 0 amide bonds. The molecule has 1 aliphatic rings. The smallest absolute Gasteiger partial charge is 0.306 e. The van der Waals surface area contributed by atoms with E-state index in [4.69, 9.17) is 16.3 Å². The zero-order valence-electron chi connectivity index (χ0n) is 8.43. The van der Waals surface area contributed by atoms with Crippen LogP contribution in [-0.2, 0) is 4.74 Å². The monoisotopic (exact) mass is 243 g/mol. The van der Waals surface area contributed by atoms with Crippen LogP contribution in [0.4, 0.5) is 11.5 Å². The second-order valence-corrected chi connectivity index (χ2v) is 3.69. The van der Waals surface area contributed by atoms with Crippen LogP contribution >= 0.6 is 11.6 Å². The van der Waals surface area contributed by atoms with Crippen molar-refractivity contribution in [3.05, 3.63) is 27.4 Å². The Kier molecular flexibility index (Phi) is 3.21. The fraction of sp³-hybridized carbons (Fsp3) is 0.444. The SMILES string of the molecule is O=[N+]([O-])c1ccc(N2CCOCC2)nc1Cl. The van der Waals surface area contributed by atoms with Crippen molar-refractivity contribution in [1.29, 1.82) is 0 Å². The first kappa shape index (κ1) is 11.1. The van der Waals surface area contributed by atoms with Crippen LogP contribution in [0.2, 0.25) is 5.15 Å². The highest BCUT2D eigenvalue weighted by Gasteiger charge is 2.18. The van der Waals surface area contributed by atoms with Gasteiger partial charge in [0.05, 0.1) is 18.1 Å². The largest absolute Gasteiger partial charge is 0.378 e. The normalized spacial score (nSPS) is 16.2. The van der Waals surface area contributed by atoms with Crippen LogP contribution in [0.25, 0.3) is 0 Å². The maximum atomic E-state index is 10.6. The Morgan fingerprint density at radius 2 is 2.12 bits per heavy atom. The minimum absolute atomic E-state index is 0.0750. The predicted octanol–water partition coefficient (Wildman–Crippen LogP) is 1.48. The van der Waals surface area contributed by atoms with Crippen LogP contribution in [0.5, 0.6) is 0 Å². The lowest BCUT2D eigenvalue weighted by atomic mass is 10.3. The van der Waals surface area contributed by atoms with Crippen LogP contribution in [0.1, 0.15) is 0 Å². The van der Waals surface area contributed by atoms with Gasteiger partial charge in [-0.25, -0.2) is 4.98 Å². The summed E-state index contributed by atoms with van der Waals surface area (Å²) in [5.74, 6) is 0.652. The van der Waals surface area contributed by atoms with E-state index in [1.165, 1.54) is 6.07 Å². The van der Waals surface area contributed by atoms with Crippen LogP contribution < -0.4 is 4.90 Å². The van der Waals surface area contributed by atoms with E-state index in [2.05, 4.69) is 4.98 Å². The fourth-order valence-electron chi connectivity index (χ4n) is 1.52. The number of hydrogen-bond donors (Lipinski definition) is 0. The molecule has 0 aliphatic carbocycles. The molecule has 0 bridgehead atoms. The molecule has 0 unspecified atom stereocenters. The number of nitro groups is 1. The molecule has 2 rings (SSSR count). The number of rotatable bonds is 2. The number of halogens is 1. The molecule has 1 aromatic heterocycles. The van der Waals surface area contributed by atoms with Gasteiger partial charge >= 0.3 is 5.69 Å². The molecule has 0 N–H and O–H groups in total. The Morgan fingerprint density at radius 3 is 2.69 bits per heavy atom. The average molecular weight is 244 g/mol. The summed E-state index contributed by atoms with van der Waals surface area (Å²) in [6.07, 6.45) is 0.